The number of H-pyrrole nitrogens is 1. The number of rotatable bonds is 4. The molecule has 3 heterocycles. The minimum Gasteiger partial charge on any atom is -0.363 e. The van der Waals surface area contributed by atoms with Gasteiger partial charge in [0.2, 0.25) is 0 Å². The molecule has 6 heteroatoms. The zero-order chi connectivity index (χ0) is 15.6. The van der Waals surface area contributed by atoms with Gasteiger partial charge in [-0.3, -0.25) is 0 Å². The van der Waals surface area contributed by atoms with Crippen LogP contribution in [-0.2, 0) is 0 Å². The van der Waals surface area contributed by atoms with Gasteiger partial charge in [-0.25, -0.2) is 14.6 Å². The molecule has 4 rings (SSSR count). The lowest BCUT2D eigenvalue weighted by Gasteiger charge is -2.15. The maximum Gasteiger partial charge on any atom is 0.139 e. The van der Waals surface area contributed by atoms with Gasteiger partial charge in [-0.1, -0.05) is 12.1 Å². The average molecular weight is 304 g/mol. The molecule has 2 N–H and O–H groups in total. The van der Waals surface area contributed by atoms with Crippen molar-refractivity contribution in [1.29, 1.82) is 0 Å². The number of hydrogen-bond donors (Lipinski definition) is 2. The lowest BCUT2D eigenvalue weighted by molar-refractivity contribution is 0.859. The topological polar surface area (TPSA) is 71.4 Å². The molecule has 0 aliphatic carbocycles. The molecule has 0 fully saturated rings. The lowest BCUT2D eigenvalue weighted by atomic mass is 10.1. The molecule has 0 saturated carbocycles. The Bertz CT molecular complexity index is 908. The van der Waals surface area contributed by atoms with Crippen LogP contribution in [0.2, 0.25) is 0 Å². The van der Waals surface area contributed by atoms with E-state index in [0.717, 1.165) is 22.5 Å². The third-order valence-electron chi connectivity index (χ3n) is 3.85. The summed E-state index contributed by atoms with van der Waals surface area (Å²) in [5.74, 6) is 0.854. The Hall–Kier alpha value is -3.15. The van der Waals surface area contributed by atoms with Gasteiger partial charge in [0, 0.05) is 17.6 Å². The fourth-order valence-electron chi connectivity index (χ4n) is 2.57. The van der Waals surface area contributed by atoms with E-state index in [1.165, 1.54) is 11.9 Å². The fraction of sp³-hybridized carbons (Fsp3) is 0.118. The Morgan fingerprint density at radius 3 is 2.74 bits per heavy atom. The molecule has 3 aromatic heterocycles. The lowest BCUT2D eigenvalue weighted by Crippen LogP contribution is -2.08. The van der Waals surface area contributed by atoms with Gasteiger partial charge < -0.3 is 10.3 Å². The Morgan fingerprint density at radius 1 is 1.09 bits per heavy atom. The number of nitrogens with zero attached hydrogens (tertiary/aromatic N) is 4. The summed E-state index contributed by atoms with van der Waals surface area (Å²) in [6.07, 6.45) is 5.11. The predicted molar refractivity (Wildman–Crippen MR) is 89.5 cm³/mol. The third kappa shape index (κ3) is 2.66. The number of fused-ring (bicyclic) bond motifs is 1. The highest BCUT2D eigenvalue weighted by Crippen LogP contribution is 2.21. The second kappa shape index (κ2) is 5.57. The first-order valence-electron chi connectivity index (χ1n) is 7.45. The Labute approximate surface area is 133 Å². The van der Waals surface area contributed by atoms with Gasteiger partial charge in [0.05, 0.1) is 5.69 Å². The van der Waals surface area contributed by atoms with Crippen LogP contribution in [0.4, 0.5) is 5.82 Å². The van der Waals surface area contributed by atoms with E-state index in [4.69, 9.17) is 0 Å². The van der Waals surface area contributed by atoms with Crippen LogP contribution < -0.4 is 5.32 Å². The maximum atomic E-state index is 4.57. The molecule has 4 aromatic rings. The normalized spacial score (nSPS) is 12.4. The van der Waals surface area contributed by atoms with Crippen LogP contribution in [0.5, 0.6) is 0 Å². The molecule has 0 radical (unpaired) electrons. The van der Waals surface area contributed by atoms with E-state index in [1.807, 2.05) is 30.5 Å². The van der Waals surface area contributed by atoms with Crippen LogP contribution >= 0.6 is 0 Å². The van der Waals surface area contributed by atoms with E-state index < -0.39 is 0 Å². The van der Waals surface area contributed by atoms with Gasteiger partial charge in [0.1, 0.15) is 24.1 Å². The van der Waals surface area contributed by atoms with Crippen molar-refractivity contribution in [3.8, 4) is 5.69 Å². The molecule has 0 spiro atoms. The fourth-order valence-corrected chi connectivity index (χ4v) is 2.57. The first kappa shape index (κ1) is 13.5. The van der Waals surface area contributed by atoms with Crippen molar-refractivity contribution in [3.05, 3.63) is 66.9 Å². The van der Waals surface area contributed by atoms with Crippen molar-refractivity contribution in [1.82, 2.24) is 24.7 Å². The minimum absolute atomic E-state index is 0.153. The molecule has 1 atom stereocenters. The molecule has 0 bridgehead atoms. The number of anilines is 1. The van der Waals surface area contributed by atoms with Crippen LogP contribution in [-0.4, -0.2) is 24.7 Å². The molecule has 0 amide bonds. The molecule has 1 aromatic carbocycles. The van der Waals surface area contributed by atoms with Crippen molar-refractivity contribution in [3.63, 3.8) is 0 Å². The van der Waals surface area contributed by atoms with Gasteiger partial charge in [-0.2, -0.15) is 5.10 Å². The zero-order valence-corrected chi connectivity index (χ0v) is 12.6. The first-order valence-corrected chi connectivity index (χ1v) is 7.45. The molecule has 0 aliphatic heterocycles. The van der Waals surface area contributed by atoms with Gasteiger partial charge in [0.25, 0.3) is 0 Å². The monoisotopic (exact) mass is 304 g/mol. The second-order valence-electron chi connectivity index (χ2n) is 5.41. The van der Waals surface area contributed by atoms with E-state index in [1.54, 1.807) is 11.0 Å². The number of pyridine rings is 1. The minimum atomic E-state index is 0.153. The summed E-state index contributed by atoms with van der Waals surface area (Å²) in [4.78, 5) is 11.7. The van der Waals surface area contributed by atoms with Crippen LogP contribution in [0.1, 0.15) is 18.5 Å². The highest BCUT2D eigenvalue weighted by Gasteiger charge is 2.07. The number of benzene rings is 1. The summed E-state index contributed by atoms with van der Waals surface area (Å²) in [7, 11) is 0. The summed E-state index contributed by atoms with van der Waals surface area (Å²) in [5, 5.41) is 8.67. The molecule has 6 nitrogen and oxygen atoms in total. The van der Waals surface area contributed by atoms with Crippen LogP contribution in [0, 0.1) is 0 Å². The number of hydrogen-bond acceptors (Lipinski definition) is 4. The summed E-state index contributed by atoms with van der Waals surface area (Å²) >= 11 is 0. The van der Waals surface area contributed by atoms with Crippen molar-refractivity contribution in [2.45, 2.75) is 13.0 Å². The van der Waals surface area contributed by atoms with Crippen LogP contribution in [0.3, 0.4) is 0 Å². The van der Waals surface area contributed by atoms with E-state index >= 15 is 0 Å². The van der Waals surface area contributed by atoms with Crippen molar-refractivity contribution in [2.75, 3.05) is 5.32 Å². The molecular weight excluding hydrogens is 288 g/mol. The standard InChI is InChI=1S/C17H16N6/c1-12(21-16-7-4-14-8-9-19-17(14)22-16)13-2-5-15(6-3-13)23-11-18-10-20-23/h2-12H,1H3,(H2,19,21,22)/t12-/m1/s1. The van der Waals surface area contributed by atoms with Gasteiger partial charge in [-0.15, -0.1) is 0 Å². The summed E-state index contributed by atoms with van der Waals surface area (Å²) < 4.78 is 1.74. The molecule has 0 saturated heterocycles. The van der Waals surface area contributed by atoms with Crippen molar-refractivity contribution < 1.29 is 0 Å². The molecule has 0 unspecified atom stereocenters. The van der Waals surface area contributed by atoms with Gasteiger partial charge >= 0.3 is 0 Å². The second-order valence-corrected chi connectivity index (χ2v) is 5.41. The Kier molecular flexibility index (Phi) is 3.27. The smallest absolute Gasteiger partial charge is 0.139 e. The largest absolute Gasteiger partial charge is 0.363 e. The predicted octanol–water partition coefficient (Wildman–Crippen LogP) is 3.32. The summed E-state index contributed by atoms with van der Waals surface area (Å²) in [6.45, 7) is 2.12. The highest BCUT2D eigenvalue weighted by atomic mass is 15.3. The van der Waals surface area contributed by atoms with Gasteiger partial charge in [-0.05, 0) is 42.8 Å². The van der Waals surface area contributed by atoms with Crippen LogP contribution in [0.15, 0.2) is 61.3 Å². The average Bonchev–Trinajstić information content (AvgIpc) is 3.26. The summed E-state index contributed by atoms with van der Waals surface area (Å²) in [5.41, 5.74) is 3.07. The quantitative estimate of drug-likeness (QED) is 0.607. The summed E-state index contributed by atoms with van der Waals surface area (Å²) in [6, 6.07) is 14.5. The van der Waals surface area contributed by atoms with E-state index in [-0.39, 0.29) is 6.04 Å². The molecule has 0 aliphatic rings. The van der Waals surface area contributed by atoms with Gasteiger partial charge in [0.15, 0.2) is 0 Å². The third-order valence-corrected chi connectivity index (χ3v) is 3.85. The van der Waals surface area contributed by atoms with E-state index in [2.05, 4.69) is 50.5 Å². The van der Waals surface area contributed by atoms with Crippen molar-refractivity contribution in [2.24, 2.45) is 0 Å². The first-order chi connectivity index (χ1) is 11.3. The SMILES string of the molecule is C[C@@H](Nc1ccc2cc[nH]c2n1)c1ccc(-n2cncn2)cc1. The maximum absolute atomic E-state index is 4.57. The molecule has 114 valence electrons. The van der Waals surface area contributed by atoms with Crippen molar-refractivity contribution >= 4 is 16.9 Å². The number of aromatic amines is 1. The Balaban J connectivity index is 1.53. The van der Waals surface area contributed by atoms with E-state index in [9.17, 15) is 0 Å². The Morgan fingerprint density at radius 2 is 1.96 bits per heavy atom. The molecule has 23 heavy (non-hydrogen) atoms. The zero-order valence-electron chi connectivity index (χ0n) is 12.6. The highest BCUT2D eigenvalue weighted by molar-refractivity contribution is 5.77. The van der Waals surface area contributed by atoms with Crippen LogP contribution in [0.25, 0.3) is 16.7 Å². The van der Waals surface area contributed by atoms with E-state index in [0.29, 0.717) is 0 Å². The number of aromatic nitrogens is 5. The number of nitrogens with one attached hydrogen (secondary N) is 2. The molecular formula is C17H16N6.